The van der Waals surface area contributed by atoms with E-state index < -0.39 is 0 Å². The highest BCUT2D eigenvalue weighted by Gasteiger charge is 2.30. The predicted molar refractivity (Wildman–Crippen MR) is 78.4 cm³/mol. The average molecular weight is 252 g/mol. The molecule has 0 amide bonds. The van der Waals surface area contributed by atoms with Crippen LogP contribution < -0.4 is 4.74 Å². The van der Waals surface area contributed by atoms with Crippen LogP contribution in [0.5, 0.6) is 5.75 Å². The fourth-order valence-corrected chi connectivity index (χ4v) is 3.02. The first kappa shape index (κ1) is 12.3. The van der Waals surface area contributed by atoms with Crippen LogP contribution in [-0.2, 0) is 6.42 Å². The fourth-order valence-electron chi connectivity index (χ4n) is 3.02. The van der Waals surface area contributed by atoms with Crippen molar-refractivity contribution in [2.24, 2.45) is 5.92 Å². The Hall–Kier alpha value is -1.76. The zero-order valence-corrected chi connectivity index (χ0v) is 11.4. The molecule has 0 spiro atoms. The maximum atomic E-state index is 6.28. The molecule has 1 aliphatic rings. The van der Waals surface area contributed by atoms with Gasteiger partial charge in [-0.05, 0) is 30.0 Å². The van der Waals surface area contributed by atoms with E-state index in [1.54, 1.807) is 0 Å². The predicted octanol–water partition coefficient (Wildman–Crippen LogP) is 4.78. The third-order valence-corrected chi connectivity index (χ3v) is 3.92. The highest BCUT2D eigenvalue weighted by Crippen LogP contribution is 2.40. The normalized spacial score (nSPS) is 21.5. The van der Waals surface area contributed by atoms with E-state index in [4.69, 9.17) is 4.74 Å². The molecule has 0 N–H and O–H groups in total. The number of fused-ring (bicyclic) bond motifs is 1. The van der Waals surface area contributed by atoms with Crippen LogP contribution >= 0.6 is 0 Å². The highest BCUT2D eigenvalue weighted by atomic mass is 16.5. The van der Waals surface area contributed by atoms with Crippen LogP contribution in [0, 0.1) is 5.92 Å². The number of para-hydroxylation sites is 1. The molecule has 3 rings (SSSR count). The van der Waals surface area contributed by atoms with E-state index in [-0.39, 0.29) is 6.10 Å². The Morgan fingerprint density at radius 1 is 1.00 bits per heavy atom. The summed E-state index contributed by atoms with van der Waals surface area (Å²) in [5.74, 6) is 1.64. The minimum absolute atomic E-state index is 0.205. The Morgan fingerprint density at radius 2 is 1.74 bits per heavy atom. The molecule has 1 heterocycles. The van der Waals surface area contributed by atoms with Crippen molar-refractivity contribution in [3.05, 3.63) is 65.7 Å². The van der Waals surface area contributed by atoms with Gasteiger partial charge in [-0.1, -0.05) is 61.9 Å². The molecule has 1 aliphatic heterocycles. The molecule has 19 heavy (non-hydrogen) atoms. The summed E-state index contributed by atoms with van der Waals surface area (Å²) in [4.78, 5) is 0. The van der Waals surface area contributed by atoms with Gasteiger partial charge >= 0.3 is 0 Å². The molecule has 1 heteroatoms. The van der Waals surface area contributed by atoms with Crippen molar-refractivity contribution in [1.29, 1.82) is 0 Å². The molecule has 0 aromatic heterocycles. The monoisotopic (exact) mass is 252 g/mol. The van der Waals surface area contributed by atoms with Gasteiger partial charge in [-0.15, -0.1) is 0 Å². The number of ether oxygens (including phenoxy) is 1. The number of rotatable bonds is 3. The average Bonchev–Trinajstić information content (AvgIpc) is 2.48. The van der Waals surface area contributed by atoms with E-state index in [1.807, 2.05) is 0 Å². The van der Waals surface area contributed by atoms with Crippen molar-refractivity contribution in [2.75, 3.05) is 0 Å². The Bertz CT molecular complexity index is 532. The molecule has 0 aliphatic carbocycles. The van der Waals surface area contributed by atoms with Gasteiger partial charge in [0, 0.05) is 5.92 Å². The highest BCUT2D eigenvalue weighted by molar-refractivity contribution is 5.37. The van der Waals surface area contributed by atoms with Crippen LogP contribution in [0.15, 0.2) is 54.6 Å². The first-order valence-electron chi connectivity index (χ1n) is 7.18. The fraction of sp³-hybridized carbons (Fsp3) is 0.333. The van der Waals surface area contributed by atoms with Gasteiger partial charge in [0.15, 0.2) is 0 Å². The molecule has 2 unspecified atom stereocenters. The molecule has 0 saturated heterocycles. The van der Waals surface area contributed by atoms with E-state index in [1.165, 1.54) is 24.0 Å². The zero-order valence-electron chi connectivity index (χ0n) is 11.4. The zero-order chi connectivity index (χ0) is 13.1. The van der Waals surface area contributed by atoms with E-state index in [9.17, 15) is 0 Å². The molecule has 0 fully saturated rings. The third kappa shape index (κ3) is 2.51. The summed E-state index contributed by atoms with van der Waals surface area (Å²) in [7, 11) is 0. The molecule has 0 bridgehead atoms. The first-order valence-corrected chi connectivity index (χ1v) is 7.18. The number of hydrogen-bond acceptors (Lipinski definition) is 1. The summed E-state index contributed by atoms with van der Waals surface area (Å²) >= 11 is 0. The van der Waals surface area contributed by atoms with Crippen LogP contribution in [-0.4, -0.2) is 0 Å². The largest absolute Gasteiger partial charge is 0.485 e. The van der Waals surface area contributed by atoms with Crippen LogP contribution in [0.3, 0.4) is 0 Å². The van der Waals surface area contributed by atoms with E-state index >= 15 is 0 Å². The van der Waals surface area contributed by atoms with Crippen molar-refractivity contribution < 1.29 is 4.74 Å². The summed E-state index contributed by atoms with van der Waals surface area (Å²) in [6.07, 6.45) is 3.76. The van der Waals surface area contributed by atoms with Gasteiger partial charge in [-0.2, -0.15) is 0 Å². The molecular weight excluding hydrogens is 232 g/mol. The Kier molecular flexibility index (Phi) is 3.54. The van der Waals surface area contributed by atoms with Crippen molar-refractivity contribution in [3.8, 4) is 5.75 Å². The van der Waals surface area contributed by atoms with Crippen molar-refractivity contribution in [1.82, 2.24) is 0 Å². The number of hydrogen-bond donors (Lipinski definition) is 0. The van der Waals surface area contributed by atoms with Gasteiger partial charge in [-0.25, -0.2) is 0 Å². The summed E-state index contributed by atoms with van der Waals surface area (Å²) in [5, 5.41) is 0. The van der Waals surface area contributed by atoms with Crippen LogP contribution in [0.4, 0.5) is 0 Å². The summed E-state index contributed by atoms with van der Waals surface area (Å²) in [5.41, 5.74) is 2.66. The molecule has 98 valence electrons. The minimum atomic E-state index is 0.205. The lowest BCUT2D eigenvalue weighted by atomic mass is 9.84. The molecule has 0 radical (unpaired) electrons. The van der Waals surface area contributed by atoms with E-state index in [2.05, 4.69) is 61.5 Å². The topological polar surface area (TPSA) is 9.23 Å². The lowest BCUT2D eigenvalue weighted by Crippen LogP contribution is -2.25. The van der Waals surface area contributed by atoms with Gasteiger partial charge in [0.05, 0.1) is 0 Å². The molecule has 0 saturated carbocycles. The van der Waals surface area contributed by atoms with Gasteiger partial charge in [0.25, 0.3) is 0 Å². The van der Waals surface area contributed by atoms with Crippen molar-refractivity contribution in [3.63, 3.8) is 0 Å². The van der Waals surface area contributed by atoms with Crippen molar-refractivity contribution in [2.45, 2.75) is 32.3 Å². The molecular formula is C18H20O. The van der Waals surface area contributed by atoms with Gasteiger partial charge in [0.2, 0.25) is 0 Å². The molecule has 1 nitrogen and oxygen atoms in total. The summed E-state index contributed by atoms with van der Waals surface area (Å²) in [6.45, 7) is 2.25. The van der Waals surface area contributed by atoms with Crippen LogP contribution in [0.1, 0.15) is 37.0 Å². The number of benzene rings is 2. The Morgan fingerprint density at radius 3 is 2.53 bits per heavy atom. The van der Waals surface area contributed by atoms with Crippen molar-refractivity contribution >= 4 is 0 Å². The van der Waals surface area contributed by atoms with Crippen LogP contribution in [0.25, 0.3) is 0 Å². The van der Waals surface area contributed by atoms with Gasteiger partial charge in [-0.3, -0.25) is 0 Å². The lowest BCUT2D eigenvalue weighted by Gasteiger charge is -2.34. The quantitative estimate of drug-likeness (QED) is 0.764. The lowest BCUT2D eigenvalue weighted by molar-refractivity contribution is 0.107. The van der Waals surface area contributed by atoms with Gasteiger partial charge in [0.1, 0.15) is 11.9 Å². The second-order valence-corrected chi connectivity index (χ2v) is 5.31. The van der Waals surface area contributed by atoms with Gasteiger partial charge < -0.3 is 4.74 Å². The second kappa shape index (κ2) is 5.48. The first-order chi connectivity index (χ1) is 9.38. The second-order valence-electron chi connectivity index (χ2n) is 5.31. The molecule has 2 atom stereocenters. The maximum absolute atomic E-state index is 6.28. The Balaban J connectivity index is 1.94. The van der Waals surface area contributed by atoms with E-state index in [0.29, 0.717) is 5.92 Å². The minimum Gasteiger partial charge on any atom is -0.485 e. The smallest absolute Gasteiger partial charge is 0.127 e. The summed E-state index contributed by atoms with van der Waals surface area (Å²) in [6, 6.07) is 19.1. The Labute approximate surface area is 115 Å². The third-order valence-electron chi connectivity index (χ3n) is 3.92. The van der Waals surface area contributed by atoms with E-state index in [0.717, 1.165) is 12.2 Å². The molecule has 2 aromatic rings. The maximum Gasteiger partial charge on any atom is 0.127 e. The molecule has 2 aromatic carbocycles. The SMILES string of the molecule is CCCC1Cc2ccccc2OC1c1ccccc1. The summed E-state index contributed by atoms with van der Waals surface area (Å²) < 4.78 is 6.28. The van der Waals surface area contributed by atoms with Crippen LogP contribution in [0.2, 0.25) is 0 Å². The standard InChI is InChI=1S/C18H20O/c1-2-8-16-13-15-11-6-7-12-17(15)19-18(16)14-9-4-3-5-10-14/h3-7,9-12,16,18H,2,8,13H2,1H3.